The summed E-state index contributed by atoms with van der Waals surface area (Å²) in [6, 6.07) is 6.25. The van der Waals surface area contributed by atoms with Gasteiger partial charge < -0.3 is 5.73 Å². The van der Waals surface area contributed by atoms with Gasteiger partial charge in [0.05, 0.1) is 17.4 Å². The van der Waals surface area contributed by atoms with E-state index in [4.69, 9.17) is 11.0 Å². The normalized spacial score (nSPS) is 11.1. The van der Waals surface area contributed by atoms with Crippen molar-refractivity contribution in [3.05, 3.63) is 39.4 Å². The van der Waals surface area contributed by atoms with E-state index in [-0.39, 0.29) is 24.5 Å². The zero-order valence-corrected chi connectivity index (χ0v) is 9.53. The second kappa shape index (κ2) is 6.05. The number of halogens is 1. The molecule has 0 aromatic heterocycles. The molecule has 5 nitrogen and oxygen atoms in total. The highest BCUT2D eigenvalue weighted by atomic mass is 35.5. The van der Waals surface area contributed by atoms with Gasteiger partial charge in [0.25, 0.3) is 5.69 Å². The van der Waals surface area contributed by atoms with Crippen molar-refractivity contribution in [2.75, 3.05) is 0 Å². The number of hydrogen-bond acceptors (Lipinski definition) is 4. The average molecular weight is 242 g/mol. The highest BCUT2D eigenvalue weighted by Gasteiger charge is 2.14. The number of hydrogen-bond donors (Lipinski definition) is 1. The Hall–Kier alpha value is -1.64. The fourth-order valence-corrected chi connectivity index (χ4v) is 1.27. The lowest BCUT2D eigenvalue weighted by Crippen LogP contribution is -2.09. The highest BCUT2D eigenvalue weighted by molar-refractivity contribution is 5.85. The Bertz CT molecular complexity index is 429. The van der Waals surface area contributed by atoms with E-state index in [2.05, 4.69) is 0 Å². The van der Waals surface area contributed by atoms with Crippen LogP contribution in [0.25, 0.3) is 0 Å². The molecule has 0 aliphatic heterocycles. The fraction of sp³-hybridized carbons (Fsp3) is 0.300. The molecule has 2 N–H and O–H groups in total. The summed E-state index contributed by atoms with van der Waals surface area (Å²) < 4.78 is 0. The molecule has 0 saturated heterocycles. The van der Waals surface area contributed by atoms with Gasteiger partial charge in [-0.25, -0.2) is 0 Å². The maximum Gasteiger partial charge on any atom is 0.272 e. The van der Waals surface area contributed by atoms with E-state index in [0.29, 0.717) is 11.1 Å². The first-order chi connectivity index (χ1) is 7.06. The van der Waals surface area contributed by atoms with Gasteiger partial charge in [-0.15, -0.1) is 12.4 Å². The Labute approximate surface area is 99.4 Å². The Morgan fingerprint density at radius 1 is 1.62 bits per heavy atom. The zero-order valence-electron chi connectivity index (χ0n) is 8.71. The van der Waals surface area contributed by atoms with Crippen LogP contribution in [0.5, 0.6) is 0 Å². The van der Waals surface area contributed by atoms with E-state index >= 15 is 0 Å². The topological polar surface area (TPSA) is 93.0 Å². The molecule has 0 fully saturated rings. The molecule has 0 saturated carbocycles. The zero-order chi connectivity index (χ0) is 11.4. The summed E-state index contributed by atoms with van der Waals surface area (Å²) in [5.41, 5.74) is 6.93. The molecular weight excluding hydrogens is 230 g/mol. The van der Waals surface area contributed by atoms with Gasteiger partial charge in [0.2, 0.25) is 0 Å². The Morgan fingerprint density at radius 2 is 2.25 bits per heavy atom. The Kier molecular flexibility index (Phi) is 5.43. The molecule has 16 heavy (non-hydrogen) atoms. The minimum absolute atomic E-state index is 0. The number of nitro benzene ring substituents is 1. The maximum absolute atomic E-state index is 10.7. The molecule has 1 aromatic rings. The van der Waals surface area contributed by atoms with Crippen molar-refractivity contribution in [2.45, 2.75) is 19.4 Å². The molecule has 0 radical (unpaired) electrons. The van der Waals surface area contributed by atoms with E-state index in [9.17, 15) is 10.1 Å². The van der Waals surface area contributed by atoms with Crippen molar-refractivity contribution in [1.29, 1.82) is 5.26 Å². The third-order valence-corrected chi connectivity index (χ3v) is 2.17. The molecular formula is C10H12ClN3O2. The van der Waals surface area contributed by atoms with E-state index in [0.717, 1.165) is 0 Å². The van der Waals surface area contributed by atoms with Crippen LogP contribution in [0.3, 0.4) is 0 Å². The second-order valence-corrected chi connectivity index (χ2v) is 3.27. The maximum atomic E-state index is 10.7. The smallest absolute Gasteiger partial charge is 0.272 e. The molecule has 0 aliphatic rings. The third-order valence-electron chi connectivity index (χ3n) is 2.17. The van der Waals surface area contributed by atoms with Gasteiger partial charge in [0, 0.05) is 17.7 Å². The van der Waals surface area contributed by atoms with Crippen molar-refractivity contribution in [1.82, 2.24) is 0 Å². The minimum Gasteiger partial charge on any atom is -0.323 e. The summed E-state index contributed by atoms with van der Waals surface area (Å²) >= 11 is 0. The number of nitrogens with two attached hydrogens (primary N) is 1. The fourth-order valence-electron chi connectivity index (χ4n) is 1.27. The molecule has 0 heterocycles. The van der Waals surface area contributed by atoms with Crippen molar-refractivity contribution >= 4 is 18.1 Å². The van der Waals surface area contributed by atoms with Crippen molar-refractivity contribution in [3.63, 3.8) is 0 Å². The number of nitro groups is 1. The van der Waals surface area contributed by atoms with E-state index in [1.165, 1.54) is 6.07 Å². The SMILES string of the molecule is Cc1ccc([C@@H](N)CC#N)cc1[N+](=O)[O-].Cl. The van der Waals surface area contributed by atoms with Gasteiger partial charge in [-0.2, -0.15) is 5.26 Å². The Morgan fingerprint density at radius 3 is 2.75 bits per heavy atom. The minimum atomic E-state index is -0.464. The lowest BCUT2D eigenvalue weighted by Gasteiger charge is -2.08. The number of nitriles is 1. The van der Waals surface area contributed by atoms with Gasteiger partial charge in [-0.05, 0) is 12.5 Å². The van der Waals surface area contributed by atoms with Crippen LogP contribution in [0.15, 0.2) is 18.2 Å². The van der Waals surface area contributed by atoms with Crippen LogP contribution in [-0.4, -0.2) is 4.92 Å². The molecule has 0 aliphatic carbocycles. The lowest BCUT2D eigenvalue weighted by molar-refractivity contribution is -0.385. The van der Waals surface area contributed by atoms with Gasteiger partial charge in [-0.3, -0.25) is 10.1 Å². The largest absolute Gasteiger partial charge is 0.323 e. The molecule has 0 bridgehead atoms. The summed E-state index contributed by atoms with van der Waals surface area (Å²) in [6.45, 7) is 1.66. The van der Waals surface area contributed by atoms with Crippen molar-refractivity contribution in [2.24, 2.45) is 5.73 Å². The second-order valence-electron chi connectivity index (χ2n) is 3.27. The Balaban J connectivity index is 0.00000225. The summed E-state index contributed by atoms with van der Waals surface area (Å²) in [6.07, 6.45) is 0.153. The summed E-state index contributed by atoms with van der Waals surface area (Å²) in [7, 11) is 0. The van der Waals surface area contributed by atoms with Crippen LogP contribution >= 0.6 is 12.4 Å². The van der Waals surface area contributed by atoms with Gasteiger partial charge in [0.1, 0.15) is 0 Å². The standard InChI is InChI=1S/C10H11N3O2.ClH/c1-7-2-3-8(9(12)4-5-11)6-10(7)13(14)15;/h2-3,6,9H,4,12H2,1H3;1H/t9-;/m0./s1. The first-order valence-corrected chi connectivity index (χ1v) is 4.43. The number of nitrogens with zero attached hydrogens (tertiary/aromatic N) is 2. The summed E-state index contributed by atoms with van der Waals surface area (Å²) in [5.74, 6) is 0. The first-order valence-electron chi connectivity index (χ1n) is 4.43. The van der Waals surface area contributed by atoms with Gasteiger partial charge >= 0.3 is 0 Å². The number of rotatable bonds is 3. The monoisotopic (exact) mass is 241 g/mol. The van der Waals surface area contributed by atoms with Crippen LogP contribution in [0.2, 0.25) is 0 Å². The van der Waals surface area contributed by atoms with Gasteiger partial charge in [0.15, 0.2) is 0 Å². The molecule has 0 unspecified atom stereocenters. The quantitative estimate of drug-likeness (QED) is 0.649. The van der Waals surface area contributed by atoms with Gasteiger partial charge in [-0.1, -0.05) is 12.1 Å². The molecule has 0 spiro atoms. The van der Waals surface area contributed by atoms with Crippen LogP contribution in [0, 0.1) is 28.4 Å². The van der Waals surface area contributed by atoms with E-state index < -0.39 is 11.0 Å². The molecule has 86 valence electrons. The van der Waals surface area contributed by atoms with Crippen molar-refractivity contribution < 1.29 is 4.92 Å². The molecule has 1 aromatic carbocycles. The third kappa shape index (κ3) is 3.19. The number of aryl methyl sites for hydroxylation is 1. The van der Waals surface area contributed by atoms with Crippen LogP contribution in [-0.2, 0) is 0 Å². The molecule has 1 atom stereocenters. The van der Waals surface area contributed by atoms with Crippen LogP contribution < -0.4 is 5.73 Å². The predicted octanol–water partition coefficient (Wildman–Crippen LogP) is 2.24. The number of benzene rings is 1. The van der Waals surface area contributed by atoms with E-state index in [1.807, 2.05) is 6.07 Å². The predicted molar refractivity (Wildman–Crippen MR) is 62.2 cm³/mol. The first kappa shape index (κ1) is 14.4. The van der Waals surface area contributed by atoms with Crippen molar-refractivity contribution in [3.8, 4) is 6.07 Å². The van der Waals surface area contributed by atoms with E-state index in [1.54, 1.807) is 19.1 Å². The summed E-state index contributed by atoms with van der Waals surface area (Å²) in [4.78, 5) is 10.2. The lowest BCUT2D eigenvalue weighted by atomic mass is 10.0. The molecule has 1 rings (SSSR count). The van der Waals surface area contributed by atoms with Crippen LogP contribution in [0.1, 0.15) is 23.6 Å². The average Bonchev–Trinajstić information content (AvgIpc) is 2.18. The molecule has 6 heteroatoms. The summed E-state index contributed by atoms with van der Waals surface area (Å²) in [5, 5.41) is 19.1. The highest BCUT2D eigenvalue weighted by Crippen LogP contribution is 2.23. The molecule has 0 amide bonds. The van der Waals surface area contributed by atoms with Crippen LogP contribution in [0.4, 0.5) is 5.69 Å².